The number of benzene rings is 1. The van der Waals surface area contributed by atoms with Gasteiger partial charge in [0.25, 0.3) is 0 Å². The molecule has 0 aliphatic heterocycles. The van der Waals surface area contributed by atoms with E-state index in [1.54, 1.807) is 6.92 Å². The van der Waals surface area contributed by atoms with Gasteiger partial charge in [-0.25, -0.2) is 17.5 Å². The van der Waals surface area contributed by atoms with Crippen molar-refractivity contribution >= 4 is 26.0 Å². The maximum absolute atomic E-state index is 14.0. The lowest BCUT2D eigenvalue weighted by molar-refractivity contribution is 0.274. The zero-order valence-electron chi connectivity index (χ0n) is 10.8. The van der Waals surface area contributed by atoms with Crippen LogP contribution in [0.5, 0.6) is 0 Å². The third-order valence-electron chi connectivity index (χ3n) is 2.62. The summed E-state index contributed by atoms with van der Waals surface area (Å²) >= 11 is 3.11. The maximum Gasteiger partial charge on any atom is 0.243 e. The molecule has 0 aromatic heterocycles. The summed E-state index contributed by atoms with van der Waals surface area (Å²) in [6, 6.07) is 2.27. The summed E-state index contributed by atoms with van der Waals surface area (Å²) in [6.07, 6.45) is 1.49. The molecule has 4 nitrogen and oxygen atoms in total. The van der Waals surface area contributed by atoms with Crippen molar-refractivity contribution in [2.24, 2.45) is 0 Å². The minimum atomic E-state index is -3.93. The Kier molecular flexibility index (Phi) is 5.91. The van der Waals surface area contributed by atoms with Gasteiger partial charge in [0, 0.05) is 16.1 Å². The second-order valence-corrected chi connectivity index (χ2v) is 6.94. The Balaban J connectivity index is 3.18. The lowest BCUT2D eigenvalue weighted by atomic mass is 10.2. The van der Waals surface area contributed by atoms with Crippen molar-refractivity contribution in [1.29, 1.82) is 0 Å². The van der Waals surface area contributed by atoms with Crippen LogP contribution in [0.3, 0.4) is 0 Å². The highest BCUT2D eigenvalue weighted by atomic mass is 79.9. The molecule has 0 amide bonds. The summed E-state index contributed by atoms with van der Waals surface area (Å²) in [5, 5.41) is 9.02. The molecule has 0 radical (unpaired) electrons. The largest absolute Gasteiger partial charge is 0.392 e. The summed E-state index contributed by atoms with van der Waals surface area (Å²) in [4.78, 5) is -0.450. The van der Waals surface area contributed by atoms with Crippen molar-refractivity contribution in [1.82, 2.24) is 4.72 Å². The molecule has 0 aliphatic rings. The molecule has 108 valence electrons. The summed E-state index contributed by atoms with van der Waals surface area (Å²) in [5.41, 5.74) is -0.0575. The van der Waals surface area contributed by atoms with Gasteiger partial charge in [0.1, 0.15) is 10.7 Å². The Morgan fingerprint density at radius 1 is 1.47 bits per heavy atom. The fourth-order valence-corrected chi connectivity index (χ4v) is 3.83. The summed E-state index contributed by atoms with van der Waals surface area (Å²) < 4.78 is 41.0. The van der Waals surface area contributed by atoms with Gasteiger partial charge in [-0.3, -0.25) is 0 Å². The van der Waals surface area contributed by atoms with E-state index < -0.39 is 27.3 Å². The van der Waals surface area contributed by atoms with Crippen LogP contribution in [0.1, 0.15) is 32.3 Å². The number of aliphatic hydroxyl groups excluding tert-OH is 1. The summed E-state index contributed by atoms with van der Waals surface area (Å²) in [5.74, 6) is -0.915. The molecule has 0 saturated heterocycles. The predicted octanol–water partition coefficient (Wildman–Crippen LogP) is 2.55. The monoisotopic (exact) mass is 353 g/mol. The molecule has 1 aromatic carbocycles. The molecule has 0 spiro atoms. The van der Waals surface area contributed by atoms with Crippen LogP contribution >= 0.6 is 15.9 Å². The first-order valence-electron chi connectivity index (χ1n) is 5.93. The van der Waals surface area contributed by atoms with Gasteiger partial charge in [0.05, 0.1) is 6.61 Å². The number of hydrogen-bond donors (Lipinski definition) is 2. The number of rotatable bonds is 6. The van der Waals surface area contributed by atoms with Gasteiger partial charge in [-0.1, -0.05) is 29.3 Å². The maximum atomic E-state index is 14.0. The first kappa shape index (κ1) is 16.6. The molecule has 0 saturated carbocycles. The van der Waals surface area contributed by atoms with Gasteiger partial charge < -0.3 is 5.11 Å². The molecular weight excluding hydrogens is 337 g/mol. The van der Waals surface area contributed by atoms with E-state index >= 15 is 0 Å². The first-order chi connectivity index (χ1) is 8.81. The fraction of sp³-hybridized carbons (Fsp3) is 0.500. The molecule has 1 unspecified atom stereocenters. The molecule has 0 fully saturated rings. The number of nitrogens with one attached hydrogen (secondary N) is 1. The predicted molar refractivity (Wildman–Crippen MR) is 74.7 cm³/mol. The molecule has 1 rings (SSSR count). The van der Waals surface area contributed by atoms with Crippen molar-refractivity contribution in [2.45, 2.75) is 44.2 Å². The molecule has 0 bridgehead atoms. The Morgan fingerprint density at radius 2 is 2.11 bits per heavy atom. The van der Waals surface area contributed by atoms with E-state index in [9.17, 15) is 12.8 Å². The van der Waals surface area contributed by atoms with Crippen LogP contribution in [-0.2, 0) is 16.6 Å². The fourth-order valence-electron chi connectivity index (χ4n) is 1.75. The van der Waals surface area contributed by atoms with Crippen LogP contribution in [0.2, 0.25) is 0 Å². The molecule has 7 heteroatoms. The van der Waals surface area contributed by atoms with Gasteiger partial charge in [-0.15, -0.1) is 0 Å². The van der Waals surface area contributed by atoms with E-state index in [0.29, 0.717) is 10.9 Å². The van der Waals surface area contributed by atoms with Gasteiger partial charge in [-0.2, -0.15) is 0 Å². The van der Waals surface area contributed by atoms with Crippen molar-refractivity contribution in [3.63, 3.8) is 0 Å². The lowest BCUT2D eigenvalue weighted by Crippen LogP contribution is -2.33. The quantitative estimate of drug-likeness (QED) is 0.825. The Hall–Kier alpha value is -0.500. The highest BCUT2D eigenvalue weighted by Gasteiger charge is 2.23. The second kappa shape index (κ2) is 6.78. The molecule has 2 N–H and O–H groups in total. The molecular formula is C12H17BrFNO3S. The van der Waals surface area contributed by atoms with Crippen LogP contribution in [0.4, 0.5) is 4.39 Å². The highest BCUT2D eigenvalue weighted by molar-refractivity contribution is 9.10. The van der Waals surface area contributed by atoms with Crippen LogP contribution in [-0.4, -0.2) is 19.6 Å². The summed E-state index contributed by atoms with van der Waals surface area (Å²) in [7, 11) is -3.93. The van der Waals surface area contributed by atoms with E-state index in [4.69, 9.17) is 5.11 Å². The van der Waals surface area contributed by atoms with E-state index in [1.807, 2.05) is 6.92 Å². The van der Waals surface area contributed by atoms with E-state index in [0.717, 1.165) is 6.42 Å². The third kappa shape index (κ3) is 4.24. The molecule has 1 aromatic rings. The van der Waals surface area contributed by atoms with Crippen LogP contribution in [0.25, 0.3) is 0 Å². The molecule has 0 heterocycles. The van der Waals surface area contributed by atoms with Gasteiger partial charge in [-0.05, 0) is 25.5 Å². The average molecular weight is 354 g/mol. The Morgan fingerprint density at radius 3 is 2.63 bits per heavy atom. The number of halogens is 2. The van der Waals surface area contributed by atoms with Gasteiger partial charge in [0.2, 0.25) is 10.0 Å². The first-order valence-corrected chi connectivity index (χ1v) is 8.20. The van der Waals surface area contributed by atoms with Crippen molar-refractivity contribution in [2.75, 3.05) is 0 Å². The Bertz CT molecular complexity index is 548. The van der Waals surface area contributed by atoms with E-state index in [1.165, 1.54) is 12.1 Å². The normalized spacial score (nSPS) is 13.5. The smallest absolute Gasteiger partial charge is 0.243 e. The van der Waals surface area contributed by atoms with Crippen LogP contribution in [0.15, 0.2) is 21.5 Å². The van der Waals surface area contributed by atoms with Gasteiger partial charge >= 0.3 is 0 Å². The SMILES string of the molecule is CCCC(C)NS(=O)(=O)c1cc(Br)cc(CO)c1F. The highest BCUT2D eigenvalue weighted by Crippen LogP contribution is 2.24. The molecule has 1 atom stereocenters. The van der Waals surface area contributed by atoms with Crippen molar-refractivity contribution in [3.8, 4) is 0 Å². The topological polar surface area (TPSA) is 66.4 Å². The van der Waals surface area contributed by atoms with Crippen molar-refractivity contribution in [3.05, 3.63) is 28.0 Å². The van der Waals surface area contributed by atoms with E-state index in [2.05, 4.69) is 20.7 Å². The molecule has 19 heavy (non-hydrogen) atoms. The number of aliphatic hydroxyl groups is 1. The second-order valence-electron chi connectivity index (χ2n) is 4.35. The zero-order valence-corrected chi connectivity index (χ0v) is 13.2. The number of sulfonamides is 1. The van der Waals surface area contributed by atoms with Gasteiger partial charge in [0.15, 0.2) is 0 Å². The minimum absolute atomic E-state index is 0.0575. The zero-order chi connectivity index (χ0) is 14.6. The summed E-state index contributed by atoms with van der Waals surface area (Å²) in [6.45, 7) is 3.11. The lowest BCUT2D eigenvalue weighted by Gasteiger charge is -2.15. The van der Waals surface area contributed by atoms with Crippen LogP contribution in [0, 0.1) is 5.82 Å². The molecule has 0 aliphatic carbocycles. The average Bonchev–Trinajstić information content (AvgIpc) is 2.31. The Labute approximate surface area is 121 Å². The number of hydrogen-bond acceptors (Lipinski definition) is 3. The van der Waals surface area contributed by atoms with Crippen molar-refractivity contribution < 1.29 is 17.9 Å². The standard InChI is InChI=1S/C12H17BrFNO3S/c1-3-4-8(2)15-19(17,18)11-6-10(13)5-9(7-16)12(11)14/h5-6,8,15-16H,3-4,7H2,1-2H3. The van der Waals surface area contributed by atoms with E-state index in [-0.39, 0.29) is 11.6 Å². The third-order valence-corrected chi connectivity index (χ3v) is 4.66. The van der Waals surface area contributed by atoms with Crippen LogP contribution < -0.4 is 4.72 Å². The minimum Gasteiger partial charge on any atom is -0.392 e.